The van der Waals surface area contributed by atoms with Gasteiger partial charge < -0.3 is 0 Å². The van der Waals surface area contributed by atoms with Crippen LogP contribution in [0.15, 0.2) is 86.3 Å². The van der Waals surface area contributed by atoms with Gasteiger partial charge in [0, 0.05) is 0 Å². The van der Waals surface area contributed by atoms with E-state index in [2.05, 4.69) is 70.5 Å². The molecule has 1 heterocycles. The summed E-state index contributed by atoms with van der Waals surface area (Å²) in [5.74, 6) is 0. The molecule has 2 aliphatic carbocycles. The predicted molar refractivity (Wildman–Crippen MR) is 129 cm³/mol. The Morgan fingerprint density at radius 2 is 1.33 bits per heavy atom. The molecule has 3 aliphatic rings. The van der Waals surface area contributed by atoms with Gasteiger partial charge in [-0.15, -0.1) is 0 Å². The van der Waals surface area contributed by atoms with Crippen molar-refractivity contribution in [2.75, 3.05) is 0 Å². The van der Waals surface area contributed by atoms with Gasteiger partial charge in [-0.05, 0) is 0 Å². The summed E-state index contributed by atoms with van der Waals surface area (Å²) in [6.07, 6.45) is 1.97. The molecule has 6 heteroatoms. The van der Waals surface area contributed by atoms with Crippen molar-refractivity contribution in [3.8, 4) is 11.1 Å². The number of ether oxygens (including phenoxy) is 1. The minimum absolute atomic E-state index is 0.167. The van der Waals surface area contributed by atoms with E-state index in [0.717, 1.165) is 31.1 Å². The van der Waals surface area contributed by atoms with Gasteiger partial charge in [0.2, 0.25) is 0 Å². The van der Waals surface area contributed by atoms with E-state index in [4.69, 9.17) is 31.1 Å². The molecule has 1 nitrogen and oxygen atoms in total. The molecule has 1 unspecified atom stereocenters. The Kier molecular flexibility index (Phi) is 4.39. The van der Waals surface area contributed by atoms with Crippen LogP contribution in [0.5, 0.6) is 0 Å². The summed E-state index contributed by atoms with van der Waals surface area (Å²) >= 11 is -1.33. The van der Waals surface area contributed by atoms with Crippen molar-refractivity contribution in [1.82, 2.24) is 0 Å². The van der Waals surface area contributed by atoms with E-state index in [9.17, 15) is 0 Å². The Hall–Kier alpha value is -0.767. The molecule has 0 amide bonds. The average Bonchev–Trinajstić information content (AvgIpc) is 3.35. The van der Waals surface area contributed by atoms with E-state index in [1.165, 1.54) is 11.1 Å². The van der Waals surface area contributed by atoms with Gasteiger partial charge >= 0.3 is 198 Å². The van der Waals surface area contributed by atoms with Crippen molar-refractivity contribution in [3.63, 3.8) is 0 Å². The average molecular weight is 594 g/mol. The Morgan fingerprint density at radius 1 is 0.800 bits per heavy atom. The number of rotatable bonds is 2. The summed E-state index contributed by atoms with van der Waals surface area (Å²) in [6.45, 7) is 0. The summed E-state index contributed by atoms with van der Waals surface area (Å²) in [5, 5.41) is 0. The van der Waals surface area contributed by atoms with Crippen LogP contribution in [-0.2, 0) is 19.7 Å². The van der Waals surface area contributed by atoms with Crippen molar-refractivity contribution < 1.29 is 19.7 Å². The van der Waals surface area contributed by atoms with Crippen LogP contribution in [0.4, 0.5) is 0 Å². The third-order valence-electron chi connectivity index (χ3n) is 6.35. The minimum atomic E-state index is -4.99. The molecule has 0 radical (unpaired) electrons. The molecule has 0 N–H and O–H groups in total. The Bertz CT molecular complexity index is 1260. The summed E-state index contributed by atoms with van der Waals surface area (Å²) < 4.78 is 7.61. The predicted octanol–water partition coefficient (Wildman–Crippen LogP) is 8.33. The fourth-order valence-electron chi connectivity index (χ4n) is 5.16. The first kappa shape index (κ1) is 19.9. The van der Waals surface area contributed by atoms with E-state index in [1.807, 2.05) is 24.3 Å². The number of hydrogen-bond donors (Lipinski definition) is 1. The molecule has 0 fully saturated rings. The van der Waals surface area contributed by atoms with E-state index >= 15 is 0 Å². The SMILES string of the molecule is [SH][Zr]([Cl])([Cl])([C]1=C(Br)OC2C1=Cc1ccccc12)[CH]1c2ccccc2-c2ccccc21. The molecule has 1 aliphatic heterocycles. The van der Waals surface area contributed by atoms with Crippen molar-refractivity contribution in [2.24, 2.45) is 0 Å². The quantitative estimate of drug-likeness (QED) is 0.294. The fraction of sp³-hybridized carbons (Fsp3) is 0.0833. The molecular weight excluding hydrogens is 578 g/mol. The summed E-state index contributed by atoms with van der Waals surface area (Å²) in [7, 11) is 20.4. The Balaban J connectivity index is 1.58. The zero-order valence-electron chi connectivity index (χ0n) is 15.6. The second kappa shape index (κ2) is 6.62. The van der Waals surface area contributed by atoms with Gasteiger partial charge in [-0.25, -0.2) is 0 Å². The summed E-state index contributed by atoms with van der Waals surface area (Å²) in [4.78, 5) is 0. The Labute approximate surface area is 195 Å². The molecule has 6 rings (SSSR count). The Morgan fingerprint density at radius 3 is 1.97 bits per heavy atom. The number of halogens is 3. The maximum absolute atomic E-state index is 7.59. The van der Waals surface area contributed by atoms with Crippen molar-refractivity contribution in [2.45, 2.75) is 9.73 Å². The molecule has 0 saturated heterocycles. The molecule has 149 valence electrons. The van der Waals surface area contributed by atoms with Crippen LogP contribution in [0.3, 0.4) is 0 Å². The van der Waals surface area contributed by atoms with Gasteiger partial charge in [0.25, 0.3) is 0 Å². The molecular formula is C24H16BrCl2OSZr. The van der Waals surface area contributed by atoms with Crippen LogP contribution in [-0.4, -0.2) is 0 Å². The van der Waals surface area contributed by atoms with Gasteiger partial charge in [0.15, 0.2) is 0 Å². The second-order valence-electron chi connectivity index (χ2n) is 8.02. The summed E-state index contributed by atoms with van der Waals surface area (Å²) in [6, 6.07) is 25.0. The molecule has 1 atom stereocenters. The third-order valence-corrected chi connectivity index (χ3v) is 22.9. The van der Waals surface area contributed by atoms with Crippen LogP contribution in [0.2, 0.25) is 0 Å². The van der Waals surface area contributed by atoms with Crippen LogP contribution in [0, 0.1) is 0 Å². The standard InChI is InChI=1S/C13H9.C11H6BrO.2ClH.H2S.Zr/c1-3-7-12-10(5-1)9-11-6-2-4-8-13(11)12;12-10-6-8-5-7-3-1-2-4-9(7)11(8)13-10;;;;/h1-9H;1-5,11H;2*1H;1H2;/q;;;;;+3/p-3. The molecule has 0 bridgehead atoms. The van der Waals surface area contributed by atoms with E-state index < -0.39 is 14.9 Å². The van der Waals surface area contributed by atoms with Gasteiger partial charge in [-0.3, -0.25) is 0 Å². The topological polar surface area (TPSA) is 9.23 Å². The van der Waals surface area contributed by atoms with Gasteiger partial charge in [0.05, 0.1) is 0 Å². The molecule has 0 saturated carbocycles. The van der Waals surface area contributed by atoms with E-state index in [1.54, 1.807) is 0 Å². The van der Waals surface area contributed by atoms with Gasteiger partial charge in [-0.2, -0.15) is 0 Å². The van der Waals surface area contributed by atoms with Crippen molar-refractivity contribution >= 4 is 48.4 Å². The van der Waals surface area contributed by atoms with Crippen LogP contribution in [0.1, 0.15) is 32.0 Å². The molecule has 0 aromatic heterocycles. The normalized spacial score (nSPS) is 20.6. The monoisotopic (exact) mass is 591 g/mol. The first-order valence-electron chi connectivity index (χ1n) is 9.73. The maximum atomic E-state index is 7.59. The zero-order chi connectivity index (χ0) is 20.7. The molecule has 3 aromatic carbocycles. The van der Waals surface area contributed by atoms with Crippen LogP contribution < -0.4 is 0 Å². The van der Waals surface area contributed by atoms with E-state index in [-0.39, 0.29) is 9.73 Å². The van der Waals surface area contributed by atoms with Gasteiger partial charge in [-0.1, -0.05) is 0 Å². The molecule has 0 spiro atoms. The van der Waals surface area contributed by atoms with Crippen LogP contribution >= 0.6 is 42.3 Å². The number of hydrogen-bond acceptors (Lipinski definition) is 2. The first-order valence-corrected chi connectivity index (χ1v) is 23.2. The number of benzene rings is 3. The number of fused-ring (bicyclic) bond motifs is 6. The zero-order valence-corrected chi connectivity index (χ0v) is 22.1. The molecule has 3 aromatic rings. The van der Waals surface area contributed by atoms with Gasteiger partial charge in [0.1, 0.15) is 0 Å². The van der Waals surface area contributed by atoms with E-state index in [0.29, 0.717) is 4.67 Å². The van der Waals surface area contributed by atoms with Crippen molar-refractivity contribution in [1.29, 1.82) is 0 Å². The third kappa shape index (κ3) is 2.64. The fourth-order valence-corrected chi connectivity index (χ4v) is 25.7. The molecule has 30 heavy (non-hydrogen) atoms. The van der Waals surface area contributed by atoms with Crippen molar-refractivity contribution in [3.05, 3.63) is 109 Å². The first-order chi connectivity index (χ1) is 14.4. The second-order valence-corrected chi connectivity index (χ2v) is 35.5. The summed E-state index contributed by atoms with van der Waals surface area (Å²) in [5.41, 5.74) is 7.99. The van der Waals surface area contributed by atoms with Crippen LogP contribution in [0.25, 0.3) is 17.2 Å². The number of thiol groups is 1.